The Bertz CT molecular complexity index is 392. The number of nitrogens with zero attached hydrogens (tertiary/aromatic N) is 2. The zero-order valence-electron chi connectivity index (χ0n) is 8.86. The van der Waals surface area contributed by atoms with E-state index < -0.39 is 0 Å². The van der Waals surface area contributed by atoms with E-state index in [1.54, 1.807) is 0 Å². The molecule has 1 aliphatic heterocycles. The van der Waals surface area contributed by atoms with Gasteiger partial charge in [-0.2, -0.15) is 4.98 Å². The summed E-state index contributed by atoms with van der Waals surface area (Å²) < 4.78 is 5.28. The van der Waals surface area contributed by atoms with E-state index in [0.29, 0.717) is 17.7 Å². The highest BCUT2D eigenvalue weighted by atomic mass is 16.5. The van der Waals surface area contributed by atoms with Crippen molar-refractivity contribution in [3.8, 4) is 0 Å². The Balaban J connectivity index is 1.84. The maximum atomic E-state index is 5.28. The van der Waals surface area contributed by atoms with Gasteiger partial charge in [0, 0.05) is 24.6 Å². The largest absolute Gasteiger partial charge is 0.334 e. The van der Waals surface area contributed by atoms with Crippen LogP contribution in [0.2, 0.25) is 0 Å². The quantitative estimate of drug-likeness (QED) is 0.796. The summed E-state index contributed by atoms with van der Waals surface area (Å²) in [7, 11) is 0. The van der Waals surface area contributed by atoms with Crippen molar-refractivity contribution in [3.05, 3.63) is 17.8 Å². The number of aromatic nitrogens is 2. The van der Waals surface area contributed by atoms with Crippen LogP contribution >= 0.6 is 0 Å². The molecule has 2 aliphatic rings. The summed E-state index contributed by atoms with van der Waals surface area (Å²) in [6, 6.07) is 0. The summed E-state index contributed by atoms with van der Waals surface area (Å²) in [6.45, 7) is 4.06. The van der Waals surface area contributed by atoms with Gasteiger partial charge in [0.2, 0.25) is 0 Å². The fraction of sp³-hybridized carbons (Fsp3) is 0.636. The van der Waals surface area contributed by atoms with Crippen LogP contribution in [0.25, 0.3) is 5.57 Å². The molecule has 0 radical (unpaired) electrons. The van der Waals surface area contributed by atoms with Gasteiger partial charge in [0.1, 0.15) is 0 Å². The standard InChI is InChI=1S/C11H15N3O/c1-7-4-9(6-12-5-7)11-13-10(14-15-11)8-2-3-8/h4,7-8,12H,2-3,5-6H2,1H3. The Labute approximate surface area is 88.7 Å². The predicted octanol–water partition coefficient (Wildman–Crippen LogP) is 1.57. The normalized spacial score (nSPS) is 26.5. The number of nitrogens with one attached hydrogen (secondary N) is 1. The van der Waals surface area contributed by atoms with Crippen LogP contribution in [0.1, 0.15) is 37.4 Å². The Morgan fingerprint density at radius 3 is 3.07 bits per heavy atom. The van der Waals surface area contributed by atoms with E-state index in [1.165, 1.54) is 12.8 Å². The zero-order chi connectivity index (χ0) is 10.3. The molecule has 4 heteroatoms. The van der Waals surface area contributed by atoms with Crippen LogP contribution in [-0.4, -0.2) is 23.2 Å². The highest BCUT2D eigenvalue weighted by molar-refractivity contribution is 5.61. The molecule has 1 saturated carbocycles. The van der Waals surface area contributed by atoms with Crippen molar-refractivity contribution in [2.45, 2.75) is 25.7 Å². The van der Waals surface area contributed by atoms with Gasteiger partial charge in [-0.3, -0.25) is 0 Å². The third-order valence-electron chi connectivity index (χ3n) is 2.93. The van der Waals surface area contributed by atoms with Crippen molar-refractivity contribution in [2.24, 2.45) is 5.92 Å². The molecule has 3 rings (SSSR count). The Morgan fingerprint density at radius 2 is 2.33 bits per heavy atom. The highest BCUT2D eigenvalue weighted by Crippen LogP contribution is 2.38. The minimum Gasteiger partial charge on any atom is -0.334 e. The van der Waals surface area contributed by atoms with Gasteiger partial charge in [-0.1, -0.05) is 18.2 Å². The van der Waals surface area contributed by atoms with E-state index in [9.17, 15) is 0 Å². The van der Waals surface area contributed by atoms with Gasteiger partial charge in [-0.05, 0) is 18.8 Å². The minimum absolute atomic E-state index is 0.546. The summed E-state index contributed by atoms with van der Waals surface area (Å²) in [5.74, 6) is 2.71. The molecule has 1 aromatic rings. The first-order valence-corrected chi connectivity index (χ1v) is 5.58. The first-order valence-electron chi connectivity index (χ1n) is 5.58. The molecule has 2 heterocycles. The average Bonchev–Trinajstić information content (AvgIpc) is 2.97. The summed E-state index contributed by atoms with van der Waals surface area (Å²) in [5, 5.41) is 7.36. The van der Waals surface area contributed by atoms with Crippen LogP contribution in [0.5, 0.6) is 0 Å². The number of hydrogen-bond donors (Lipinski definition) is 1. The first kappa shape index (κ1) is 9.09. The lowest BCUT2D eigenvalue weighted by Crippen LogP contribution is -2.27. The molecule has 0 bridgehead atoms. The van der Waals surface area contributed by atoms with Crippen molar-refractivity contribution < 1.29 is 4.52 Å². The molecule has 0 aromatic carbocycles. The van der Waals surface area contributed by atoms with Crippen LogP contribution in [0.3, 0.4) is 0 Å². The van der Waals surface area contributed by atoms with Crippen LogP contribution in [0.15, 0.2) is 10.6 Å². The SMILES string of the molecule is CC1C=C(c2nc(C3CC3)no2)CNC1. The second-order valence-corrected chi connectivity index (χ2v) is 4.53. The lowest BCUT2D eigenvalue weighted by Gasteiger charge is -2.16. The molecule has 15 heavy (non-hydrogen) atoms. The molecule has 4 nitrogen and oxygen atoms in total. The molecule has 1 aromatic heterocycles. The lowest BCUT2D eigenvalue weighted by atomic mass is 10.0. The lowest BCUT2D eigenvalue weighted by molar-refractivity contribution is 0.397. The van der Waals surface area contributed by atoms with Crippen LogP contribution in [0.4, 0.5) is 0 Å². The molecule has 0 spiro atoms. The van der Waals surface area contributed by atoms with Gasteiger partial charge >= 0.3 is 0 Å². The molecule has 1 fully saturated rings. The molecular formula is C11H15N3O. The van der Waals surface area contributed by atoms with Gasteiger partial charge in [-0.25, -0.2) is 0 Å². The summed E-state index contributed by atoms with van der Waals surface area (Å²) in [6.07, 6.45) is 4.65. The topological polar surface area (TPSA) is 51.0 Å². The van der Waals surface area contributed by atoms with Crippen molar-refractivity contribution >= 4 is 5.57 Å². The number of rotatable bonds is 2. The van der Waals surface area contributed by atoms with Crippen molar-refractivity contribution in [1.29, 1.82) is 0 Å². The van der Waals surface area contributed by atoms with Crippen molar-refractivity contribution in [3.63, 3.8) is 0 Å². The second kappa shape index (κ2) is 3.45. The molecule has 1 unspecified atom stereocenters. The second-order valence-electron chi connectivity index (χ2n) is 4.53. The summed E-state index contributed by atoms with van der Waals surface area (Å²) >= 11 is 0. The Hall–Kier alpha value is -1.16. The van der Waals surface area contributed by atoms with Crippen LogP contribution < -0.4 is 5.32 Å². The molecular weight excluding hydrogens is 190 g/mol. The third kappa shape index (κ3) is 1.81. The molecule has 1 aliphatic carbocycles. The summed E-state index contributed by atoms with van der Waals surface area (Å²) in [5.41, 5.74) is 1.15. The van der Waals surface area contributed by atoms with Gasteiger partial charge in [0.05, 0.1) is 0 Å². The van der Waals surface area contributed by atoms with E-state index in [4.69, 9.17) is 4.52 Å². The van der Waals surface area contributed by atoms with E-state index in [-0.39, 0.29) is 0 Å². The van der Waals surface area contributed by atoms with E-state index in [0.717, 1.165) is 24.5 Å². The fourth-order valence-corrected chi connectivity index (χ4v) is 1.92. The molecule has 1 atom stereocenters. The Morgan fingerprint density at radius 1 is 1.47 bits per heavy atom. The zero-order valence-corrected chi connectivity index (χ0v) is 8.86. The molecule has 80 valence electrons. The summed E-state index contributed by atoms with van der Waals surface area (Å²) in [4.78, 5) is 4.44. The van der Waals surface area contributed by atoms with Crippen LogP contribution in [-0.2, 0) is 0 Å². The average molecular weight is 205 g/mol. The van der Waals surface area contributed by atoms with Gasteiger partial charge in [0.15, 0.2) is 5.82 Å². The van der Waals surface area contributed by atoms with Gasteiger partial charge in [-0.15, -0.1) is 0 Å². The van der Waals surface area contributed by atoms with Crippen LogP contribution in [0, 0.1) is 5.92 Å². The number of hydrogen-bond acceptors (Lipinski definition) is 4. The van der Waals surface area contributed by atoms with Gasteiger partial charge < -0.3 is 9.84 Å². The molecule has 0 saturated heterocycles. The highest BCUT2D eigenvalue weighted by Gasteiger charge is 2.29. The molecule has 1 N–H and O–H groups in total. The first-order chi connectivity index (χ1) is 7.33. The monoisotopic (exact) mass is 205 g/mol. The third-order valence-corrected chi connectivity index (χ3v) is 2.93. The molecule has 0 amide bonds. The minimum atomic E-state index is 0.546. The fourth-order valence-electron chi connectivity index (χ4n) is 1.92. The van der Waals surface area contributed by atoms with E-state index in [1.807, 2.05) is 0 Å². The predicted molar refractivity (Wildman–Crippen MR) is 56.3 cm³/mol. The van der Waals surface area contributed by atoms with Gasteiger partial charge in [0.25, 0.3) is 5.89 Å². The maximum Gasteiger partial charge on any atom is 0.254 e. The smallest absolute Gasteiger partial charge is 0.254 e. The van der Waals surface area contributed by atoms with E-state index in [2.05, 4.69) is 28.5 Å². The van der Waals surface area contributed by atoms with Crippen molar-refractivity contribution in [2.75, 3.05) is 13.1 Å². The van der Waals surface area contributed by atoms with Crippen molar-refractivity contribution in [1.82, 2.24) is 15.5 Å². The Kier molecular flexibility index (Phi) is 2.09. The maximum absolute atomic E-state index is 5.28. The van der Waals surface area contributed by atoms with E-state index >= 15 is 0 Å².